The predicted octanol–water partition coefficient (Wildman–Crippen LogP) is 2.18. The molecular formula is C23H38N4O3. The molecule has 2 aliphatic rings. The van der Waals surface area contributed by atoms with E-state index in [4.69, 9.17) is 14.2 Å². The SMILES string of the molecule is CN=C(NCc1ccc(C)cc1OCC1CCOC1)NCC(C)N1CCOCC1C. The van der Waals surface area contributed by atoms with Crippen LogP contribution in [0.25, 0.3) is 0 Å². The molecule has 0 amide bonds. The van der Waals surface area contributed by atoms with Crippen molar-refractivity contribution in [1.29, 1.82) is 0 Å². The summed E-state index contributed by atoms with van der Waals surface area (Å²) >= 11 is 0. The Kier molecular flexibility index (Phi) is 8.78. The molecule has 2 N–H and O–H groups in total. The monoisotopic (exact) mass is 418 g/mol. The van der Waals surface area contributed by atoms with Crippen LogP contribution in [0.1, 0.15) is 31.4 Å². The van der Waals surface area contributed by atoms with E-state index in [9.17, 15) is 0 Å². The van der Waals surface area contributed by atoms with Crippen LogP contribution in [0.3, 0.4) is 0 Å². The van der Waals surface area contributed by atoms with Gasteiger partial charge in [-0.3, -0.25) is 9.89 Å². The van der Waals surface area contributed by atoms with Crippen molar-refractivity contribution in [3.8, 4) is 5.75 Å². The highest BCUT2D eigenvalue weighted by Crippen LogP contribution is 2.22. The smallest absolute Gasteiger partial charge is 0.191 e. The van der Waals surface area contributed by atoms with Gasteiger partial charge < -0.3 is 24.8 Å². The summed E-state index contributed by atoms with van der Waals surface area (Å²) < 4.78 is 17.2. The second-order valence-corrected chi connectivity index (χ2v) is 8.47. The Morgan fingerprint density at radius 1 is 1.27 bits per heavy atom. The average Bonchev–Trinajstić information content (AvgIpc) is 3.27. The van der Waals surface area contributed by atoms with Gasteiger partial charge in [0.25, 0.3) is 0 Å². The molecule has 168 valence electrons. The molecule has 2 heterocycles. The Bertz CT molecular complexity index is 691. The lowest BCUT2D eigenvalue weighted by molar-refractivity contribution is -0.0174. The zero-order valence-corrected chi connectivity index (χ0v) is 18.9. The summed E-state index contributed by atoms with van der Waals surface area (Å²) in [5, 5.41) is 6.90. The molecule has 2 saturated heterocycles. The predicted molar refractivity (Wildman–Crippen MR) is 120 cm³/mol. The summed E-state index contributed by atoms with van der Waals surface area (Å²) in [7, 11) is 1.81. The maximum Gasteiger partial charge on any atom is 0.191 e. The minimum absolute atomic E-state index is 0.411. The molecule has 0 radical (unpaired) electrons. The van der Waals surface area contributed by atoms with Crippen LogP contribution >= 0.6 is 0 Å². The summed E-state index contributed by atoms with van der Waals surface area (Å²) in [6.07, 6.45) is 1.08. The van der Waals surface area contributed by atoms with Gasteiger partial charge >= 0.3 is 0 Å². The van der Waals surface area contributed by atoms with Crippen LogP contribution < -0.4 is 15.4 Å². The van der Waals surface area contributed by atoms with Crippen LogP contribution in [0, 0.1) is 12.8 Å². The standard InChI is InChI=1S/C23H38N4O3/c1-17-5-6-21(22(11-17)30-16-20-7-9-28-15-20)13-26-23(24-4)25-12-18(2)27-8-10-29-14-19(27)3/h5-6,11,18-20H,7-10,12-16H2,1-4H3,(H2,24,25,26). The topological polar surface area (TPSA) is 67.4 Å². The highest BCUT2D eigenvalue weighted by molar-refractivity contribution is 5.79. The van der Waals surface area contributed by atoms with Crippen LogP contribution in [0.4, 0.5) is 0 Å². The van der Waals surface area contributed by atoms with E-state index < -0.39 is 0 Å². The molecule has 3 rings (SSSR count). The quantitative estimate of drug-likeness (QED) is 0.498. The minimum atomic E-state index is 0.411. The first kappa shape index (κ1) is 22.8. The largest absolute Gasteiger partial charge is 0.493 e. The third-order valence-corrected chi connectivity index (χ3v) is 5.94. The maximum absolute atomic E-state index is 6.16. The number of nitrogens with zero attached hydrogens (tertiary/aromatic N) is 2. The van der Waals surface area contributed by atoms with Crippen molar-refractivity contribution in [1.82, 2.24) is 15.5 Å². The zero-order valence-electron chi connectivity index (χ0n) is 18.9. The van der Waals surface area contributed by atoms with E-state index >= 15 is 0 Å². The lowest BCUT2D eigenvalue weighted by Gasteiger charge is -2.38. The van der Waals surface area contributed by atoms with Gasteiger partial charge in [-0.1, -0.05) is 12.1 Å². The van der Waals surface area contributed by atoms with Gasteiger partial charge in [0.1, 0.15) is 5.75 Å². The lowest BCUT2D eigenvalue weighted by Crippen LogP contribution is -2.52. The molecule has 0 aromatic heterocycles. The molecule has 2 fully saturated rings. The molecule has 0 bridgehead atoms. The van der Waals surface area contributed by atoms with Gasteiger partial charge in [-0.15, -0.1) is 0 Å². The molecular weight excluding hydrogens is 380 g/mol. The molecule has 1 aromatic rings. The summed E-state index contributed by atoms with van der Waals surface area (Å²) in [4.78, 5) is 6.88. The molecule has 7 nitrogen and oxygen atoms in total. The lowest BCUT2D eigenvalue weighted by atomic mass is 10.1. The van der Waals surface area contributed by atoms with Crippen molar-refractivity contribution in [3.05, 3.63) is 29.3 Å². The minimum Gasteiger partial charge on any atom is -0.493 e. The molecule has 1 aromatic carbocycles. The second kappa shape index (κ2) is 11.5. The van der Waals surface area contributed by atoms with Crippen molar-refractivity contribution in [2.45, 2.75) is 45.8 Å². The molecule has 30 heavy (non-hydrogen) atoms. The number of aryl methyl sites for hydroxylation is 1. The van der Waals surface area contributed by atoms with Crippen molar-refractivity contribution >= 4 is 5.96 Å². The number of nitrogens with one attached hydrogen (secondary N) is 2. The first-order valence-electron chi connectivity index (χ1n) is 11.1. The number of guanidine groups is 1. The molecule has 0 aliphatic carbocycles. The normalized spacial score (nSPS) is 23.9. The van der Waals surface area contributed by atoms with E-state index in [-0.39, 0.29) is 0 Å². The van der Waals surface area contributed by atoms with Crippen LogP contribution in [-0.4, -0.2) is 76.1 Å². The fraction of sp³-hybridized carbons (Fsp3) is 0.696. The van der Waals surface area contributed by atoms with Crippen molar-refractivity contribution in [3.63, 3.8) is 0 Å². The third kappa shape index (κ3) is 6.59. The summed E-state index contributed by atoms with van der Waals surface area (Å²) in [5.74, 6) is 2.24. The van der Waals surface area contributed by atoms with E-state index in [2.05, 4.69) is 59.5 Å². The Balaban J connectivity index is 1.50. The van der Waals surface area contributed by atoms with Crippen LogP contribution in [-0.2, 0) is 16.0 Å². The first-order chi connectivity index (χ1) is 14.6. The van der Waals surface area contributed by atoms with E-state index in [1.807, 2.05) is 7.05 Å². The van der Waals surface area contributed by atoms with Crippen molar-refractivity contribution in [2.24, 2.45) is 10.9 Å². The fourth-order valence-electron chi connectivity index (χ4n) is 4.02. The number of benzene rings is 1. The Labute approximate surface area is 181 Å². The summed E-state index contributed by atoms with van der Waals surface area (Å²) in [6.45, 7) is 13.0. The van der Waals surface area contributed by atoms with Gasteiger partial charge in [0.15, 0.2) is 5.96 Å². The highest BCUT2D eigenvalue weighted by atomic mass is 16.5. The molecule has 3 atom stereocenters. The maximum atomic E-state index is 6.16. The average molecular weight is 419 g/mol. The molecule has 0 saturated carbocycles. The van der Waals surface area contributed by atoms with Crippen LogP contribution in [0.2, 0.25) is 0 Å². The number of aliphatic imine (C=N–C) groups is 1. The molecule has 7 heteroatoms. The summed E-state index contributed by atoms with van der Waals surface area (Å²) in [5.41, 5.74) is 2.34. The Hall–Kier alpha value is -1.83. The van der Waals surface area contributed by atoms with Crippen molar-refractivity contribution in [2.75, 3.05) is 53.2 Å². The number of morpholine rings is 1. The first-order valence-corrected chi connectivity index (χ1v) is 11.1. The number of rotatable bonds is 8. The van der Waals surface area contributed by atoms with Crippen LogP contribution in [0.15, 0.2) is 23.2 Å². The number of hydrogen-bond donors (Lipinski definition) is 2. The number of ether oxygens (including phenoxy) is 3. The van der Waals surface area contributed by atoms with E-state index in [1.54, 1.807) is 0 Å². The van der Waals surface area contributed by atoms with E-state index in [0.29, 0.717) is 31.2 Å². The second-order valence-electron chi connectivity index (χ2n) is 8.47. The molecule has 3 unspecified atom stereocenters. The van der Waals surface area contributed by atoms with E-state index in [0.717, 1.165) is 63.2 Å². The van der Waals surface area contributed by atoms with Gasteiger partial charge in [-0.2, -0.15) is 0 Å². The van der Waals surface area contributed by atoms with E-state index in [1.165, 1.54) is 5.56 Å². The highest BCUT2D eigenvalue weighted by Gasteiger charge is 2.23. The van der Waals surface area contributed by atoms with Gasteiger partial charge in [0.2, 0.25) is 0 Å². The van der Waals surface area contributed by atoms with Gasteiger partial charge in [-0.25, -0.2) is 0 Å². The fourth-order valence-corrected chi connectivity index (χ4v) is 4.02. The Morgan fingerprint density at radius 3 is 2.83 bits per heavy atom. The third-order valence-electron chi connectivity index (χ3n) is 5.94. The van der Waals surface area contributed by atoms with Gasteiger partial charge in [0, 0.05) is 56.9 Å². The zero-order chi connectivity index (χ0) is 21.3. The molecule has 2 aliphatic heterocycles. The molecule has 0 spiro atoms. The Morgan fingerprint density at radius 2 is 2.10 bits per heavy atom. The number of hydrogen-bond acceptors (Lipinski definition) is 5. The van der Waals surface area contributed by atoms with Gasteiger partial charge in [0.05, 0.1) is 26.4 Å². The van der Waals surface area contributed by atoms with Crippen LogP contribution in [0.5, 0.6) is 5.75 Å². The van der Waals surface area contributed by atoms with Crippen molar-refractivity contribution < 1.29 is 14.2 Å². The van der Waals surface area contributed by atoms with Gasteiger partial charge in [-0.05, 0) is 38.8 Å². The summed E-state index contributed by atoms with van der Waals surface area (Å²) in [6, 6.07) is 7.23.